The third kappa shape index (κ3) is 18.4. The van der Waals surface area contributed by atoms with Gasteiger partial charge in [-0.1, -0.05) is 6.08 Å². The molecular weight excluding hydrogens is 662 g/mol. The van der Waals surface area contributed by atoms with Crippen molar-refractivity contribution in [3.8, 4) is 0 Å². The first kappa shape index (κ1) is 42.3. The fourth-order valence-corrected chi connectivity index (χ4v) is 4.08. The number of nitrogens with zero attached hydrogens (tertiary/aromatic N) is 3. The summed E-state index contributed by atoms with van der Waals surface area (Å²) in [5, 5.41) is 37.1. The van der Waals surface area contributed by atoms with Gasteiger partial charge in [0.05, 0.1) is 22.8 Å². The minimum Gasteiger partial charge on any atom is -0.481 e. The molecule has 0 saturated carbocycles. The van der Waals surface area contributed by atoms with E-state index in [1.807, 2.05) is 18.2 Å². The standard InChI is InChI=1S/C26H21N5.5C2H4O2/c1-31-12-10-17(11-13-31)26-24-8-6-22(29-24)15-20-4-2-18(27-20)14-19-3-5-21(28-19)16-23-7-9-25(26)30-23;5*1-2(3)4/h2-12,14-16,27,29H,13H2,1H3;5*1H3,(H,3,4). The van der Waals surface area contributed by atoms with Gasteiger partial charge in [0.2, 0.25) is 0 Å². The lowest BCUT2D eigenvalue weighted by atomic mass is 10.0. The lowest BCUT2D eigenvalue weighted by Gasteiger charge is -2.17. The number of fused-ring (bicyclic) bond motifs is 8. The van der Waals surface area contributed by atoms with Gasteiger partial charge in [-0.25, -0.2) is 9.97 Å². The van der Waals surface area contributed by atoms with E-state index in [1.54, 1.807) is 0 Å². The van der Waals surface area contributed by atoms with Crippen molar-refractivity contribution in [2.24, 2.45) is 0 Å². The van der Waals surface area contributed by atoms with Crippen molar-refractivity contribution in [3.05, 3.63) is 89.2 Å². The Hall–Kier alpha value is -6.77. The van der Waals surface area contributed by atoms with Crippen LogP contribution < -0.4 is 0 Å². The molecule has 3 aliphatic heterocycles. The van der Waals surface area contributed by atoms with Crippen molar-refractivity contribution >= 4 is 81.8 Å². The van der Waals surface area contributed by atoms with Crippen molar-refractivity contribution in [1.29, 1.82) is 0 Å². The smallest absolute Gasteiger partial charge is 0.300 e. The highest BCUT2D eigenvalue weighted by molar-refractivity contribution is 5.91. The van der Waals surface area contributed by atoms with Gasteiger partial charge in [0.15, 0.2) is 0 Å². The van der Waals surface area contributed by atoms with E-state index < -0.39 is 29.8 Å². The molecule has 15 heteroatoms. The molecule has 0 aliphatic carbocycles. The van der Waals surface area contributed by atoms with Crippen LogP contribution >= 0.6 is 0 Å². The summed E-state index contributed by atoms with van der Waals surface area (Å²) in [6, 6.07) is 14.6. The largest absolute Gasteiger partial charge is 0.481 e. The highest BCUT2D eigenvalue weighted by Crippen LogP contribution is 2.29. The van der Waals surface area contributed by atoms with Gasteiger partial charge in [-0.05, 0) is 84.6 Å². The molecule has 51 heavy (non-hydrogen) atoms. The summed E-state index contributed by atoms with van der Waals surface area (Å²) in [5.74, 6) is -4.17. The molecule has 0 saturated heterocycles. The Kier molecular flexibility index (Phi) is 17.6. The van der Waals surface area contributed by atoms with E-state index in [1.165, 1.54) is 5.57 Å². The number of aliphatic carboxylic acids is 5. The Labute approximate surface area is 293 Å². The number of rotatable bonds is 1. The highest BCUT2D eigenvalue weighted by Gasteiger charge is 2.13. The molecule has 0 atom stereocenters. The summed E-state index contributed by atoms with van der Waals surface area (Å²) in [4.78, 5) is 63.8. The van der Waals surface area contributed by atoms with E-state index in [0.717, 1.165) is 91.6 Å². The first-order valence-electron chi connectivity index (χ1n) is 15.0. The third-order valence-electron chi connectivity index (χ3n) is 5.62. The molecule has 0 amide bonds. The predicted molar refractivity (Wildman–Crippen MR) is 195 cm³/mol. The Balaban J connectivity index is 0.000000540. The molecule has 8 bridgehead atoms. The Morgan fingerprint density at radius 2 is 1.02 bits per heavy atom. The number of carboxylic acid groups (broad SMARTS) is 5. The number of carboxylic acids is 5. The van der Waals surface area contributed by atoms with Crippen LogP contribution in [0.3, 0.4) is 0 Å². The molecule has 0 radical (unpaired) electrons. The number of allylic oxidation sites excluding steroid dienone is 2. The van der Waals surface area contributed by atoms with Gasteiger partial charge in [0.1, 0.15) is 0 Å². The normalized spacial score (nSPS) is 11.5. The number of carbonyl (C=O) groups is 5. The average Bonchev–Trinajstić information content (AvgIpc) is 3.79. The Bertz CT molecular complexity index is 1910. The molecule has 6 rings (SSSR count). The maximum atomic E-state index is 9.00. The van der Waals surface area contributed by atoms with E-state index >= 15 is 0 Å². The van der Waals surface area contributed by atoms with Crippen molar-refractivity contribution < 1.29 is 49.5 Å². The summed E-state index contributed by atoms with van der Waals surface area (Å²) >= 11 is 0. The van der Waals surface area contributed by atoms with Gasteiger partial charge in [-0.15, -0.1) is 0 Å². The zero-order valence-corrected chi connectivity index (χ0v) is 28.9. The molecule has 270 valence electrons. The second-order valence-corrected chi connectivity index (χ2v) is 10.6. The molecule has 15 nitrogen and oxygen atoms in total. The molecule has 0 fully saturated rings. The third-order valence-corrected chi connectivity index (χ3v) is 5.62. The van der Waals surface area contributed by atoms with Gasteiger partial charge >= 0.3 is 0 Å². The van der Waals surface area contributed by atoms with Crippen LogP contribution in [0.2, 0.25) is 0 Å². The average molecular weight is 704 g/mol. The SMILES string of the molecule is CC(=O)O.CC(=O)O.CC(=O)O.CC(=O)O.CC(=O)O.CN1C=CC(c2c3nc(cc4nc(cc5ccc(cc6ccc2[nH]6)[nH]5)C=C4)C=C3)=CC1. The van der Waals surface area contributed by atoms with Gasteiger partial charge in [0.25, 0.3) is 29.8 Å². The minimum atomic E-state index is -0.833. The van der Waals surface area contributed by atoms with Crippen molar-refractivity contribution in [2.45, 2.75) is 34.6 Å². The fourth-order valence-electron chi connectivity index (χ4n) is 4.08. The number of hydrogen-bond donors (Lipinski definition) is 7. The summed E-state index contributed by atoms with van der Waals surface area (Å²) in [5.41, 5.74) is 10.1. The second-order valence-electron chi connectivity index (χ2n) is 10.6. The van der Waals surface area contributed by atoms with Crippen LogP contribution in [-0.4, -0.2) is 93.8 Å². The van der Waals surface area contributed by atoms with Crippen LogP contribution in [-0.2, 0) is 24.0 Å². The quantitative estimate of drug-likeness (QED) is 0.107. The zero-order chi connectivity index (χ0) is 38.7. The van der Waals surface area contributed by atoms with Gasteiger partial charge in [-0.3, -0.25) is 24.0 Å². The molecule has 6 heterocycles. The van der Waals surface area contributed by atoms with E-state index in [4.69, 9.17) is 59.5 Å². The summed E-state index contributed by atoms with van der Waals surface area (Å²) in [7, 11) is 2.08. The maximum absolute atomic E-state index is 9.00. The molecule has 0 aromatic carbocycles. The molecule has 3 aromatic rings. The van der Waals surface area contributed by atoms with Crippen LogP contribution in [0.4, 0.5) is 0 Å². The Morgan fingerprint density at radius 3 is 1.53 bits per heavy atom. The first-order chi connectivity index (χ1) is 23.9. The van der Waals surface area contributed by atoms with Gasteiger partial charge in [-0.2, -0.15) is 0 Å². The van der Waals surface area contributed by atoms with Crippen LogP contribution in [0, 0.1) is 0 Å². The second kappa shape index (κ2) is 21.3. The minimum absolute atomic E-state index is 0.833. The monoisotopic (exact) mass is 703 g/mol. The number of hydrogen-bond acceptors (Lipinski definition) is 8. The molecule has 7 N–H and O–H groups in total. The first-order valence-corrected chi connectivity index (χ1v) is 15.0. The highest BCUT2D eigenvalue weighted by atomic mass is 16.4. The van der Waals surface area contributed by atoms with E-state index in [2.05, 4.69) is 88.8 Å². The number of H-pyrrole nitrogens is 2. The molecular formula is C36H41N5O10. The van der Waals surface area contributed by atoms with E-state index in [0.29, 0.717) is 0 Å². The maximum Gasteiger partial charge on any atom is 0.300 e. The lowest BCUT2D eigenvalue weighted by Crippen LogP contribution is -2.13. The lowest BCUT2D eigenvalue weighted by molar-refractivity contribution is -0.135. The van der Waals surface area contributed by atoms with Gasteiger partial charge < -0.3 is 40.4 Å². The van der Waals surface area contributed by atoms with Crippen molar-refractivity contribution in [2.75, 3.05) is 13.6 Å². The fraction of sp³-hybridized carbons (Fsp3) is 0.194. The van der Waals surface area contributed by atoms with Crippen LogP contribution in [0.15, 0.2) is 60.8 Å². The molecule has 0 spiro atoms. The zero-order valence-electron chi connectivity index (χ0n) is 28.9. The van der Waals surface area contributed by atoms with Gasteiger partial charge in [0, 0.05) is 75.8 Å². The molecule has 0 unspecified atom stereocenters. The summed E-state index contributed by atoms with van der Waals surface area (Å²) in [6.07, 6.45) is 14.7. The van der Waals surface area contributed by atoms with E-state index in [-0.39, 0.29) is 0 Å². The van der Waals surface area contributed by atoms with Crippen LogP contribution in [0.5, 0.6) is 0 Å². The molecule has 3 aromatic heterocycles. The topological polar surface area (TPSA) is 247 Å². The Morgan fingerprint density at radius 1 is 0.588 bits per heavy atom. The molecule has 3 aliphatic rings. The predicted octanol–water partition coefficient (Wildman–Crippen LogP) is 5.95. The van der Waals surface area contributed by atoms with Crippen LogP contribution in [0.25, 0.3) is 51.9 Å². The number of likely N-dealkylation sites (N-methyl/N-ethyl adjacent to an activating group) is 1. The summed E-state index contributed by atoms with van der Waals surface area (Å²) < 4.78 is 0. The van der Waals surface area contributed by atoms with Crippen LogP contribution in [0.1, 0.15) is 63.0 Å². The number of aromatic amines is 2. The summed E-state index contributed by atoms with van der Waals surface area (Å²) in [6.45, 7) is 6.29. The number of nitrogens with one attached hydrogen (secondary N) is 2. The van der Waals surface area contributed by atoms with E-state index in [9.17, 15) is 0 Å². The number of aromatic nitrogens is 4. The van der Waals surface area contributed by atoms with Crippen molar-refractivity contribution in [3.63, 3.8) is 0 Å². The van der Waals surface area contributed by atoms with Crippen molar-refractivity contribution in [1.82, 2.24) is 24.8 Å².